The maximum atomic E-state index is 12.1. The van der Waals surface area contributed by atoms with Gasteiger partial charge in [-0.3, -0.25) is 4.79 Å². The Morgan fingerprint density at radius 2 is 1.96 bits per heavy atom. The number of aryl methyl sites for hydroxylation is 1. The summed E-state index contributed by atoms with van der Waals surface area (Å²) in [7, 11) is 0. The van der Waals surface area contributed by atoms with Crippen LogP contribution in [0.4, 0.5) is 0 Å². The quantitative estimate of drug-likeness (QED) is 0.693. The van der Waals surface area contributed by atoms with Crippen LogP contribution in [0.5, 0.6) is 0 Å². The number of nitrogens with one attached hydrogen (secondary N) is 1. The first-order valence-electron chi connectivity index (χ1n) is 8.53. The van der Waals surface area contributed by atoms with Gasteiger partial charge in [0.1, 0.15) is 5.65 Å². The smallest absolute Gasteiger partial charge is 0.359 e. The van der Waals surface area contributed by atoms with Crippen LogP contribution in [-0.4, -0.2) is 27.9 Å². The summed E-state index contributed by atoms with van der Waals surface area (Å²) in [5, 5.41) is 2.89. The van der Waals surface area contributed by atoms with E-state index in [0.717, 1.165) is 17.5 Å². The Balaban J connectivity index is 1.57. The number of imidazole rings is 1. The molecule has 0 aliphatic heterocycles. The van der Waals surface area contributed by atoms with E-state index in [0.29, 0.717) is 5.65 Å². The molecular weight excluding hydrogens is 330 g/mol. The minimum Gasteiger partial charge on any atom is -0.451 e. The first-order chi connectivity index (χ1) is 12.6. The Bertz CT molecular complexity index is 882. The van der Waals surface area contributed by atoms with Crippen LogP contribution in [0.25, 0.3) is 5.65 Å². The molecule has 1 amide bonds. The second-order valence-electron chi connectivity index (χ2n) is 6.11. The summed E-state index contributed by atoms with van der Waals surface area (Å²) in [5.41, 5.74) is 3.01. The number of carbonyl (C=O) groups excluding carboxylic acids is 2. The number of hydrogen-bond donors (Lipinski definition) is 1. The Morgan fingerprint density at radius 1 is 1.19 bits per heavy atom. The predicted octanol–water partition coefficient (Wildman–Crippen LogP) is 3.07. The van der Waals surface area contributed by atoms with E-state index in [1.807, 2.05) is 50.2 Å². The molecule has 0 fully saturated rings. The van der Waals surface area contributed by atoms with E-state index in [4.69, 9.17) is 4.74 Å². The summed E-state index contributed by atoms with van der Waals surface area (Å²) in [6.07, 6.45) is 4.12. The van der Waals surface area contributed by atoms with Gasteiger partial charge in [-0.05, 0) is 31.0 Å². The molecule has 0 bridgehead atoms. The summed E-state index contributed by atoms with van der Waals surface area (Å²) in [6, 6.07) is 13.3. The van der Waals surface area contributed by atoms with Crippen molar-refractivity contribution >= 4 is 17.5 Å². The summed E-state index contributed by atoms with van der Waals surface area (Å²) in [5.74, 6) is -0.957. The van der Waals surface area contributed by atoms with Crippen molar-refractivity contribution in [2.75, 3.05) is 6.61 Å². The third kappa shape index (κ3) is 4.08. The fourth-order valence-corrected chi connectivity index (χ4v) is 2.69. The Morgan fingerprint density at radius 3 is 2.65 bits per heavy atom. The van der Waals surface area contributed by atoms with E-state index in [9.17, 15) is 9.59 Å². The van der Waals surface area contributed by atoms with Crippen LogP contribution < -0.4 is 5.32 Å². The normalized spacial score (nSPS) is 11.9. The number of amides is 1. The number of aromatic nitrogens is 2. The summed E-state index contributed by atoms with van der Waals surface area (Å²) in [6.45, 7) is 3.67. The van der Waals surface area contributed by atoms with Gasteiger partial charge in [0.25, 0.3) is 5.91 Å². The maximum absolute atomic E-state index is 12.1. The number of fused-ring (bicyclic) bond motifs is 1. The molecule has 0 saturated carbocycles. The lowest BCUT2D eigenvalue weighted by atomic mass is 10.0. The molecule has 1 N–H and O–H groups in total. The van der Waals surface area contributed by atoms with E-state index in [1.165, 1.54) is 0 Å². The number of esters is 1. The minimum absolute atomic E-state index is 0.114. The Labute approximate surface area is 151 Å². The lowest BCUT2D eigenvalue weighted by Crippen LogP contribution is -2.32. The van der Waals surface area contributed by atoms with Gasteiger partial charge in [0.15, 0.2) is 12.3 Å². The van der Waals surface area contributed by atoms with Gasteiger partial charge in [-0.2, -0.15) is 0 Å². The average molecular weight is 351 g/mol. The van der Waals surface area contributed by atoms with Crippen molar-refractivity contribution in [2.24, 2.45) is 0 Å². The first kappa shape index (κ1) is 17.7. The minimum atomic E-state index is -0.618. The second-order valence-corrected chi connectivity index (χ2v) is 6.11. The highest BCUT2D eigenvalue weighted by atomic mass is 16.5. The SMILES string of the molecule is CC[C@@H](NC(=O)COC(=O)c1cn2ccccc2n1)c1ccc(C)cc1. The molecule has 0 aliphatic rings. The van der Waals surface area contributed by atoms with Crippen LogP contribution in [0.1, 0.15) is 41.0 Å². The number of benzene rings is 1. The monoisotopic (exact) mass is 351 g/mol. The molecule has 0 unspecified atom stereocenters. The van der Waals surface area contributed by atoms with Gasteiger partial charge in [0.2, 0.25) is 0 Å². The van der Waals surface area contributed by atoms with Gasteiger partial charge < -0.3 is 14.5 Å². The number of rotatable bonds is 6. The van der Waals surface area contributed by atoms with Crippen molar-refractivity contribution in [3.63, 3.8) is 0 Å². The number of pyridine rings is 1. The fourth-order valence-electron chi connectivity index (χ4n) is 2.69. The summed E-state index contributed by atoms with van der Waals surface area (Å²) >= 11 is 0. The molecule has 2 heterocycles. The first-order valence-corrected chi connectivity index (χ1v) is 8.53. The Hall–Kier alpha value is -3.15. The van der Waals surface area contributed by atoms with Crippen molar-refractivity contribution in [1.29, 1.82) is 0 Å². The van der Waals surface area contributed by atoms with Crippen molar-refractivity contribution in [2.45, 2.75) is 26.3 Å². The lowest BCUT2D eigenvalue weighted by molar-refractivity contribution is -0.125. The van der Waals surface area contributed by atoms with Crippen LogP contribution in [-0.2, 0) is 9.53 Å². The molecule has 2 aromatic heterocycles. The molecule has 3 aromatic rings. The van der Waals surface area contributed by atoms with Crippen molar-refractivity contribution < 1.29 is 14.3 Å². The number of hydrogen-bond acceptors (Lipinski definition) is 4. The van der Waals surface area contributed by atoms with Gasteiger partial charge in [-0.25, -0.2) is 9.78 Å². The van der Waals surface area contributed by atoms with E-state index in [-0.39, 0.29) is 24.2 Å². The van der Waals surface area contributed by atoms with Gasteiger partial charge in [-0.1, -0.05) is 42.8 Å². The zero-order valence-electron chi connectivity index (χ0n) is 14.8. The van der Waals surface area contributed by atoms with Crippen molar-refractivity contribution in [1.82, 2.24) is 14.7 Å². The molecule has 1 atom stereocenters. The molecule has 0 aliphatic carbocycles. The summed E-state index contributed by atoms with van der Waals surface area (Å²) in [4.78, 5) is 28.4. The van der Waals surface area contributed by atoms with Crippen molar-refractivity contribution in [3.8, 4) is 0 Å². The maximum Gasteiger partial charge on any atom is 0.359 e. The zero-order valence-corrected chi connectivity index (χ0v) is 14.8. The highest BCUT2D eigenvalue weighted by Crippen LogP contribution is 2.17. The van der Waals surface area contributed by atoms with E-state index >= 15 is 0 Å². The highest BCUT2D eigenvalue weighted by molar-refractivity contribution is 5.90. The number of nitrogens with zero attached hydrogens (tertiary/aromatic N) is 2. The van der Waals surface area contributed by atoms with E-state index in [1.54, 1.807) is 22.9 Å². The molecule has 6 heteroatoms. The molecule has 3 rings (SSSR count). The van der Waals surface area contributed by atoms with Gasteiger partial charge in [0, 0.05) is 12.4 Å². The topological polar surface area (TPSA) is 72.7 Å². The molecule has 0 radical (unpaired) electrons. The van der Waals surface area contributed by atoms with Crippen molar-refractivity contribution in [3.05, 3.63) is 71.7 Å². The molecule has 26 heavy (non-hydrogen) atoms. The molecule has 6 nitrogen and oxygen atoms in total. The van der Waals surface area contributed by atoms with Crippen LogP contribution in [0.2, 0.25) is 0 Å². The second kappa shape index (κ2) is 7.82. The standard InChI is InChI=1S/C20H21N3O3/c1-3-16(15-9-7-14(2)8-10-15)22-19(24)13-26-20(25)17-12-23-11-5-4-6-18(23)21-17/h4-12,16H,3,13H2,1-2H3,(H,22,24)/t16-/m1/s1. The van der Waals surface area contributed by atoms with E-state index in [2.05, 4.69) is 10.3 Å². The number of ether oxygens (including phenoxy) is 1. The van der Waals surface area contributed by atoms with Crippen LogP contribution in [0.15, 0.2) is 54.9 Å². The van der Waals surface area contributed by atoms with Crippen LogP contribution in [0.3, 0.4) is 0 Å². The highest BCUT2D eigenvalue weighted by Gasteiger charge is 2.16. The van der Waals surface area contributed by atoms with E-state index < -0.39 is 5.97 Å². The zero-order chi connectivity index (χ0) is 18.5. The molecule has 134 valence electrons. The molecule has 1 aromatic carbocycles. The summed E-state index contributed by atoms with van der Waals surface area (Å²) < 4.78 is 6.82. The third-order valence-corrected chi connectivity index (χ3v) is 4.13. The largest absolute Gasteiger partial charge is 0.451 e. The van der Waals surface area contributed by atoms with Crippen LogP contribution in [0, 0.1) is 6.92 Å². The predicted molar refractivity (Wildman–Crippen MR) is 97.8 cm³/mol. The average Bonchev–Trinajstić information content (AvgIpc) is 3.09. The van der Waals surface area contributed by atoms with Gasteiger partial charge in [-0.15, -0.1) is 0 Å². The molecule has 0 saturated heterocycles. The number of carbonyl (C=O) groups is 2. The molecular formula is C20H21N3O3. The van der Waals surface area contributed by atoms with Gasteiger partial charge >= 0.3 is 5.97 Å². The van der Waals surface area contributed by atoms with Crippen LogP contribution >= 0.6 is 0 Å². The van der Waals surface area contributed by atoms with Gasteiger partial charge in [0.05, 0.1) is 6.04 Å². The fraction of sp³-hybridized carbons (Fsp3) is 0.250. The Kier molecular flexibility index (Phi) is 5.31. The third-order valence-electron chi connectivity index (χ3n) is 4.13. The lowest BCUT2D eigenvalue weighted by Gasteiger charge is -2.17. The molecule has 0 spiro atoms.